The molecule has 0 aliphatic carbocycles. The van der Waals surface area contributed by atoms with Crippen LogP contribution in [0.4, 0.5) is 22.0 Å². The summed E-state index contributed by atoms with van der Waals surface area (Å²) in [6.07, 6.45) is 0. The van der Waals surface area contributed by atoms with Crippen LogP contribution in [0.3, 0.4) is 0 Å². The molecule has 5 heteroatoms. The van der Waals surface area contributed by atoms with Crippen molar-refractivity contribution >= 4 is 0 Å². The van der Waals surface area contributed by atoms with E-state index in [0.29, 0.717) is 17.4 Å². The monoisotopic (exact) mass is 1230 g/mol. The van der Waals surface area contributed by atoms with E-state index in [4.69, 9.17) is 0 Å². The van der Waals surface area contributed by atoms with Crippen molar-refractivity contribution in [3.63, 3.8) is 0 Å². The molecule has 494 valence electrons. The highest BCUT2D eigenvalue weighted by molar-refractivity contribution is 5.32. The topological polar surface area (TPSA) is 0 Å². The van der Waals surface area contributed by atoms with Crippen molar-refractivity contribution in [1.29, 1.82) is 0 Å². The van der Waals surface area contributed by atoms with Gasteiger partial charge in [-0.2, -0.15) is 0 Å². The van der Waals surface area contributed by atoms with Crippen LogP contribution in [0.1, 0.15) is 259 Å². The van der Waals surface area contributed by atoms with E-state index in [1.807, 2.05) is 57.2 Å². The minimum atomic E-state index is -0.442. The second-order valence-electron chi connectivity index (χ2n) is 29.3. The lowest BCUT2D eigenvalue weighted by atomic mass is 9.86. The van der Waals surface area contributed by atoms with E-state index >= 15 is 0 Å². The summed E-state index contributed by atoms with van der Waals surface area (Å²) in [6.45, 7) is 58.3. The van der Waals surface area contributed by atoms with Crippen molar-refractivity contribution in [1.82, 2.24) is 0 Å². The molecule has 0 bridgehead atoms. The Labute approximate surface area is 547 Å². The van der Waals surface area contributed by atoms with Gasteiger partial charge in [0.1, 0.15) is 29.1 Å². The van der Waals surface area contributed by atoms with E-state index in [0.717, 1.165) is 27.8 Å². The molecule has 8 rings (SSSR count). The minimum Gasteiger partial charge on any atom is -0.207 e. The first-order valence-corrected chi connectivity index (χ1v) is 31.9. The quantitative estimate of drug-likeness (QED) is 0.154. The molecule has 0 aliphatic heterocycles. The van der Waals surface area contributed by atoms with Crippen LogP contribution in [0.2, 0.25) is 0 Å². The zero-order chi connectivity index (χ0) is 68.5. The van der Waals surface area contributed by atoms with Crippen LogP contribution in [-0.4, -0.2) is 0 Å². The van der Waals surface area contributed by atoms with E-state index in [-0.39, 0.29) is 63.9 Å². The summed E-state index contributed by atoms with van der Waals surface area (Å²) in [4.78, 5) is 0. The predicted octanol–water partition coefficient (Wildman–Crippen LogP) is 27.0. The molecular weight excluding hydrogens is 1120 g/mol. The first-order chi connectivity index (χ1) is 40.8. The molecule has 8 aromatic rings. The molecule has 8 aromatic carbocycles. The maximum atomic E-state index is 13.1. The average Bonchev–Trinajstić information content (AvgIpc) is 1.28. The lowest BCUT2D eigenvalue weighted by Crippen LogP contribution is -2.10. The van der Waals surface area contributed by atoms with Gasteiger partial charge in [0.2, 0.25) is 0 Å². The van der Waals surface area contributed by atoms with Gasteiger partial charge in [-0.3, -0.25) is 0 Å². The fourth-order valence-electron chi connectivity index (χ4n) is 8.69. The van der Waals surface area contributed by atoms with Crippen LogP contribution in [0.15, 0.2) is 164 Å². The molecule has 0 radical (unpaired) electrons. The molecule has 0 aromatic heterocycles. The highest BCUT2D eigenvalue weighted by Gasteiger charge is 2.16. The Morgan fingerprint density at radius 1 is 0.256 bits per heavy atom. The maximum Gasteiger partial charge on any atom is 0.129 e. The van der Waals surface area contributed by atoms with E-state index < -0.39 is 11.6 Å². The molecule has 0 atom stereocenters. The fraction of sp³-hybridized carbons (Fsp3) is 0.435. The molecule has 0 N–H and O–H groups in total. The number of halogens is 5. The van der Waals surface area contributed by atoms with Crippen LogP contribution >= 0.6 is 0 Å². The summed E-state index contributed by atoms with van der Waals surface area (Å²) in [5.74, 6) is -0.129. The lowest BCUT2D eigenvalue weighted by Gasteiger charge is -2.19. The van der Waals surface area contributed by atoms with Gasteiger partial charge < -0.3 is 0 Å². The Hall–Kier alpha value is -6.59. The Bertz CT molecular complexity index is 3140. The average molecular weight is 1240 g/mol. The molecule has 0 unspecified atom stereocenters. The third-order valence-electron chi connectivity index (χ3n) is 14.9. The Balaban J connectivity index is 0.00000100. The molecule has 0 nitrogen and oxygen atoms in total. The molecule has 0 spiro atoms. The largest absolute Gasteiger partial charge is 0.207 e. The lowest BCUT2D eigenvalue weighted by molar-refractivity contribution is 0.540. The number of benzene rings is 8. The Morgan fingerprint density at radius 2 is 0.600 bits per heavy atom. The summed E-state index contributed by atoms with van der Waals surface area (Å²) < 4.78 is 65.0. The molecule has 0 saturated heterocycles. The molecule has 0 saturated carbocycles. The molecule has 90 heavy (non-hydrogen) atoms. The van der Waals surface area contributed by atoms with Gasteiger partial charge in [-0.1, -0.05) is 302 Å². The Kier molecular flexibility index (Phi) is 35.5. The summed E-state index contributed by atoms with van der Waals surface area (Å²) in [5, 5.41) is 0. The summed E-state index contributed by atoms with van der Waals surface area (Å²) >= 11 is 0. The second-order valence-corrected chi connectivity index (χ2v) is 29.3. The van der Waals surface area contributed by atoms with Gasteiger partial charge in [0, 0.05) is 5.56 Å². The van der Waals surface area contributed by atoms with E-state index in [1.54, 1.807) is 46.8 Å². The zero-order valence-corrected chi connectivity index (χ0v) is 60.3. The summed E-state index contributed by atoms with van der Waals surface area (Å²) in [7, 11) is 0. The predicted molar refractivity (Wildman–Crippen MR) is 387 cm³/mol. The molecule has 0 fully saturated rings. The summed E-state index contributed by atoms with van der Waals surface area (Å²) in [5.41, 5.74) is 18.4. The van der Waals surface area contributed by atoms with Crippen molar-refractivity contribution < 1.29 is 22.0 Å². The van der Waals surface area contributed by atoms with Gasteiger partial charge in [0.25, 0.3) is 0 Å². The number of hydrogen-bond donors (Lipinski definition) is 0. The minimum absolute atomic E-state index is 0. The Morgan fingerprint density at radius 3 is 0.900 bits per heavy atom. The fourth-order valence-corrected chi connectivity index (χ4v) is 8.69. The van der Waals surface area contributed by atoms with E-state index in [1.165, 1.54) is 68.3 Å². The highest BCUT2D eigenvalue weighted by Crippen LogP contribution is 2.27. The van der Waals surface area contributed by atoms with Gasteiger partial charge in [0.05, 0.1) is 0 Å². The third-order valence-corrected chi connectivity index (χ3v) is 14.9. The van der Waals surface area contributed by atoms with Crippen molar-refractivity contribution in [3.05, 3.63) is 282 Å². The molecule has 0 heterocycles. The zero-order valence-electron chi connectivity index (χ0n) is 60.3. The van der Waals surface area contributed by atoms with Gasteiger partial charge in [-0.25, -0.2) is 22.0 Å². The first kappa shape index (κ1) is 83.4. The van der Waals surface area contributed by atoms with Crippen LogP contribution < -0.4 is 0 Å². The van der Waals surface area contributed by atoms with E-state index in [2.05, 4.69) is 236 Å². The standard InChI is InChI=1S/4C11H16.C10H12F2.3C10H13F.CH4/c2*1-9-5-7-10(8-6-9)11(2,3)4;2*1-9-6-5-7-10(8-9)11(2,3)4;1-6(2)10-8(11)4-7(3)5-9(10)12;1-7(2)9-4-5-10(11)8(3)6-9;1-7(2)9-5-4-8(3)10(11)6-9;1-7(2)9-5-4-8(3)6-10(9)11;/h4*5-8H,1-4H3;4-6H,1-3H3;3*4-7H,1-3H3;1H4. The van der Waals surface area contributed by atoms with Crippen molar-refractivity contribution in [2.75, 3.05) is 0 Å². The van der Waals surface area contributed by atoms with Crippen LogP contribution in [0.25, 0.3) is 0 Å². The first-order valence-electron chi connectivity index (χ1n) is 31.9. The van der Waals surface area contributed by atoms with Gasteiger partial charge in [0.15, 0.2) is 0 Å². The normalized spacial score (nSPS) is 11.0. The molecule has 0 amide bonds. The SMILES string of the molecule is C.Cc1cc(C(C)C)ccc1F.Cc1cc(F)c(C(C)C)c(F)c1.Cc1ccc(C(C)(C)C)cc1.Cc1ccc(C(C)(C)C)cc1.Cc1ccc(C(C)C)c(F)c1.Cc1ccc(C(C)C)cc1F.Cc1cccc(C(C)(C)C)c1.Cc1cccc(C(C)(C)C)c1. The third kappa shape index (κ3) is 31.9. The molecular formula is C85H119F5. The number of hydrogen-bond acceptors (Lipinski definition) is 0. The van der Waals surface area contributed by atoms with Crippen LogP contribution in [0.5, 0.6) is 0 Å². The van der Waals surface area contributed by atoms with Crippen LogP contribution in [-0.2, 0) is 21.7 Å². The molecule has 0 aliphatic rings. The smallest absolute Gasteiger partial charge is 0.129 e. The number of rotatable bonds is 4. The van der Waals surface area contributed by atoms with Crippen LogP contribution in [0, 0.1) is 84.5 Å². The maximum absolute atomic E-state index is 13.1. The van der Waals surface area contributed by atoms with Crippen molar-refractivity contribution in [2.45, 2.75) is 247 Å². The summed E-state index contributed by atoms with van der Waals surface area (Å²) in [6, 6.07) is 53.7. The van der Waals surface area contributed by atoms with Gasteiger partial charge in [-0.15, -0.1) is 0 Å². The van der Waals surface area contributed by atoms with E-state index in [9.17, 15) is 22.0 Å². The van der Waals surface area contributed by atoms with Gasteiger partial charge >= 0.3 is 0 Å². The van der Waals surface area contributed by atoms with Crippen molar-refractivity contribution in [3.8, 4) is 0 Å². The number of aryl methyl sites for hydroxylation is 8. The van der Waals surface area contributed by atoms with Crippen molar-refractivity contribution in [2.24, 2.45) is 0 Å². The second kappa shape index (κ2) is 38.3. The highest BCUT2D eigenvalue weighted by atomic mass is 19.1. The van der Waals surface area contributed by atoms with Gasteiger partial charge in [-0.05, 0) is 192 Å².